The average molecular weight is 494 g/mol. The van der Waals surface area contributed by atoms with Crippen molar-refractivity contribution in [3.63, 3.8) is 0 Å². The van der Waals surface area contributed by atoms with Gasteiger partial charge < -0.3 is 14.5 Å². The van der Waals surface area contributed by atoms with Crippen LogP contribution in [-0.2, 0) is 11.3 Å². The predicted molar refractivity (Wildman–Crippen MR) is 140 cm³/mol. The Balaban J connectivity index is 1.71. The lowest BCUT2D eigenvalue weighted by Gasteiger charge is -2.15. The standard InChI is InChI=1S/C28H25Cl2NO3/c1-4-33-27-18(3)28-23(24(16-34-28)19-9-11-21(29)12-10-19)14-22(27)17(2)13-26(32)31-15-20-7-5-6-8-25(20)30/h5-14,16H,4,15H2,1-3H3,(H,31,32)/b17-13+. The lowest BCUT2D eigenvalue weighted by molar-refractivity contribution is -0.116. The third-order valence-corrected chi connectivity index (χ3v) is 6.29. The third-order valence-electron chi connectivity index (χ3n) is 5.67. The van der Waals surface area contributed by atoms with Crippen molar-refractivity contribution in [2.24, 2.45) is 0 Å². The highest BCUT2D eigenvalue weighted by Crippen LogP contribution is 2.41. The van der Waals surface area contributed by atoms with Crippen LogP contribution in [0, 0.1) is 6.92 Å². The molecule has 0 atom stereocenters. The molecule has 1 amide bonds. The van der Waals surface area contributed by atoms with Crippen LogP contribution in [-0.4, -0.2) is 12.5 Å². The van der Waals surface area contributed by atoms with E-state index >= 15 is 0 Å². The van der Waals surface area contributed by atoms with E-state index in [1.54, 1.807) is 18.4 Å². The number of carbonyl (C=O) groups excluding carboxylic acids is 1. The van der Waals surface area contributed by atoms with Crippen molar-refractivity contribution in [2.75, 3.05) is 6.61 Å². The molecule has 3 aromatic carbocycles. The number of rotatable bonds is 7. The van der Waals surface area contributed by atoms with E-state index in [1.807, 2.05) is 69.3 Å². The van der Waals surface area contributed by atoms with Crippen molar-refractivity contribution in [2.45, 2.75) is 27.3 Å². The molecule has 4 nitrogen and oxygen atoms in total. The fourth-order valence-corrected chi connectivity index (χ4v) is 4.27. The van der Waals surface area contributed by atoms with E-state index in [9.17, 15) is 4.79 Å². The molecule has 1 N–H and O–H groups in total. The predicted octanol–water partition coefficient (Wildman–Crippen LogP) is 7.83. The Morgan fingerprint density at radius 1 is 1.12 bits per heavy atom. The molecule has 174 valence electrons. The molecule has 0 saturated heterocycles. The van der Waals surface area contributed by atoms with Crippen LogP contribution in [0.2, 0.25) is 10.0 Å². The molecule has 0 fully saturated rings. The van der Waals surface area contributed by atoms with Crippen LogP contribution in [0.3, 0.4) is 0 Å². The Morgan fingerprint density at radius 3 is 2.56 bits per heavy atom. The van der Waals surface area contributed by atoms with E-state index in [2.05, 4.69) is 5.32 Å². The highest BCUT2D eigenvalue weighted by molar-refractivity contribution is 6.31. The van der Waals surface area contributed by atoms with Crippen molar-refractivity contribution >= 4 is 45.7 Å². The summed E-state index contributed by atoms with van der Waals surface area (Å²) in [6.07, 6.45) is 3.33. The quantitative estimate of drug-likeness (QED) is 0.266. The summed E-state index contributed by atoms with van der Waals surface area (Å²) < 4.78 is 11.9. The molecular formula is C28H25Cl2NO3. The maximum atomic E-state index is 12.7. The summed E-state index contributed by atoms with van der Waals surface area (Å²) in [6.45, 7) is 6.65. The van der Waals surface area contributed by atoms with Crippen LogP contribution in [0.4, 0.5) is 0 Å². The number of carbonyl (C=O) groups is 1. The van der Waals surface area contributed by atoms with Crippen molar-refractivity contribution in [1.29, 1.82) is 0 Å². The maximum absolute atomic E-state index is 12.7. The van der Waals surface area contributed by atoms with Gasteiger partial charge in [0.25, 0.3) is 0 Å². The van der Waals surface area contributed by atoms with Gasteiger partial charge in [-0.05, 0) is 61.7 Å². The van der Waals surface area contributed by atoms with Crippen LogP contribution in [0.1, 0.15) is 30.5 Å². The van der Waals surface area contributed by atoms with Crippen molar-refractivity contribution in [3.05, 3.63) is 93.7 Å². The first kappa shape index (κ1) is 23.9. The molecule has 4 aromatic rings. The Kier molecular flexibility index (Phi) is 7.30. The zero-order valence-corrected chi connectivity index (χ0v) is 20.8. The van der Waals surface area contributed by atoms with Crippen LogP contribution < -0.4 is 10.1 Å². The van der Waals surface area contributed by atoms with Gasteiger partial charge in [-0.15, -0.1) is 0 Å². The maximum Gasteiger partial charge on any atom is 0.244 e. The van der Waals surface area contributed by atoms with Gasteiger partial charge in [0.1, 0.15) is 11.3 Å². The monoisotopic (exact) mass is 493 g/mol. The van der Waals surface area contributed by atoms with E-state index in [1.165, 1.54) is 0 Å². The molecule has 4 rings (SSSR count). The van der Waals surface area contributed by atoms with E-state index < -0.39 is 0 Å². The zero-order valence-electron chi connectivity index (χ0n) is 19.2. The van der Waals surface area contributed by atoms with Gasteiger partial charge in [0, 0.05) is 44.7 Å². The van der Waals surface area contributed by atoms with Gasteiger partial charge in [0.2, 0.25) is 5.91 Å². The van der Waals surface area contributed by atoms with Crippen molar-refractivity contribution in [3.8, 4) is 16.9 Å². The molecule has 0 saturated carbocycles. The van der Waals surface area contributed by atoms with Gasteiger partial charge in [-0.2, -0.15) is 0 Å². The Morgan fingerprint density at radius 2 is 1.85 bits per heavy atom. The van der Waals surface area contributed by atoms with E-state index in [-0.39, 0.29) is 5.91 Å². The molecule has 0 radical (unpaired) electrons. The molecule has 0 aliphatic carbocycles. The fourth-order valence-electron chi connectivity index (χ4n) is 3.94. The lowest BCUT2D eigenvalue weighted by Crippen LogP contribution is -2.20. The molecule has 6 heteroatoms. The second-order valence-corrected chi connectivity index (χ2v) is 8.82. The molecule has 34 heavy (non-hydrogen) atoms. The molecule has 0 aliphatic rings. The number of furan rings is 1. The minimum absolute atomic E-state index is 0.206. The molecular weight excluding hydrogens is 469 g/mol. The minimum atomic E-state index is -0.206. The molecule has 0 spiro atoms. The molecule has 1 aromatic heterocycles. The van der Waals surface area contributed by atoms with Gasteiger partial charge in [-0.1, -0.05) is 53.5 Å². The largest absolute Gasteiger partial charge is 0.493 e. The number of ether oxygens (including phenoxy) is 1. The highest BCUT2D eigenvalue weighted by Gasteiger charge is 2.19. The number of nitrogens with one attached hydrogen (secondary N) is 1. The van der Waals surface area contributed by atoms with Crippen molar-refractivity contribution < 1.29 is 13.9 Å². The van der Waals surface area contributed by atoms with Gasteiger partial charge in [0.15, 0.2) is 0 Å². The summed E-state index contributed by atoms with van der Waals surface area (Å²) in [5.74, 6) is 0.502. The third kappa shape index (κ3) is 4.98. The van der Waals surface area contributed by atoms with E-state index in [0.717, 1.165) is 44.4 Å². The van der Waals surface area contributed by atoms with Crippen LogP contribution >= 0.6 is 23.2 Å². The summed E-state index contributed by atoms with van der Waals surface area (Å²) in [7, 11) is 0. The fraction of sp³-hybridized carbons (Fsp3) is 0.179. The number of hydrogen-bond donors (Lipinski definition) is 1. The van der Waals surface area contributed by atoms with Crippen LogP contribution in [0.5, 0.6) is 5.75 Å². The number of halogens is 2. The Labute approximate surface area is 209 Å². The normalized spacial score (nSPS) is 11.6. The van der Waals surface area contributed by atoms with E-state index in [4.69, 9.17) is 32.4 Å². The molecule has 0 unspecified atom stereocenters. The van der Waals surface area contributed by atoms with Crippen LogP contribution in [0.15, 0.2) is 71.4 Å². The summed E-state index contributed by atoms with van der Waals surface area (Å²) in [5, 5.41) is 5.15. The molecule has 0 aliphatic heterocycles. The SMILES string of the molecule is CCOc1c(/C(C)=C/C(=O)NCc2ccccc2Cl)cc2c(-c3ccc(Cl)cc3)coc2c1C. The number of fused-ring (bicyclic) bond motifs is 1. The lowest BCUT2D eigenvalue weighted by atomic mass is 9.96. The molecule has 0 bridgehead atoms. The number of hydrogen-bond acceptors (Lipinski definition) is 3. The first-order valence-electron chi connectivity index (χ1n) is 11.0. The smallest absolute Gasteiger partial charge is 0.244 e. The highest BCUT2D eigenvalue weighted by atomic mass is 35.5. The minimum Gasteiger partial charge on any atom is -0.493 e. The average Bonchev–Trinajstić information content (AvgIpc) is 3.25. The summed E-state index contributed by atoms with van der Waals surface area (Å²) in [4.78, 5) is 12.7. The topological polar surface area (TPSA) is 51.5 Å². The van der Waals surface area contributed by atoms with Gasteiger partial charge in [0.05, 0.1) is 12.9 Å². The van der Waals surface area contributed by atoms with Crippen LogP contribution in [0.25, 0.3) is 27.7 Å². The number of aryl methyl sites for hydroxylation is 1. The van der Waals surface area contributed by atoms with Gasteiger partial charge in [-0.25, -0.2) is 0 Å². The molecule has 1 heterocycles. The second kappa shape index (κ2) is 10.4. The van der Waals surface area contributed by atoms with Crippen molar-refractivity contribution in [1.82, 2.24) is 5.32 Å². The summed E-state index contributed by atoms with van der Waals surface area (Å²) in [5.41, 5.74) is 6.09. The van der Waals surface area contributed by atoms with E-state index in [0.29, 0.717) is 28.9 Å². The number of allylic oxidation sites excluding steroid dienone is 1. The Hall–Kier alpha value is -3.21. The first-order valence-corrected chi connectivity index (χ1v) is 11.8. The number of benzene rings is 3. The summed E-state index contributed by atoms with van der Waals surface area (Å²) in [6, 6.07) is 17.1. The number of amides is 1. The second-order valence-electron chi connectivity index (χ2n) is 7.98. The van der Waals surface area contributed by atoms with Gasteiger partial charge in [-0.3, -0.25) is 4.79 Å². The first-order chi connectivity index (χ1) is 16.4. The van der Waals surface area contributed by atoms with Gasteiger partial charge >= 0.3 is 0 Å². The summed E-state index contributed by atoms with van der Waals surface area (Å²) >= 11 is 12.3. The zero-order chi connectivity index (χ0) is 24.2. The Bertz CT molecular complexity index is 1370.